The molecule has 0 radical (unpaired) electrons. The van der Waals surface area contributed by atoms with Gasteiger partial charge in [-0.2, -0.15) is 0 Å². The van der Waals surface area contributed by atoms with Crippen LogP contribution in [0.5, 0.6) is 11.5 Å². The second-order valence-corrected chi connectivity index (χ2v) is 8.25. The number of aromatic amines is 1. The molecule has 1 atom stereocenters. The molecule has 0 fully saturated rings. The summed E-state index contributed by atoms with van der Waals surface area (Å²) in [6.07, 6.45) is 1.92. The van der Waals surface area contributed by atoms with E-state index in [-0.39, 0.29) is 6.04 Å². The van der Waals surface area contributed by atoms with E-state index in [9.17, 15) is 0 Å². The molecule has 4 nitrogen and oxygen atoms in total. The van der Waals surface area contributed by atoms with Gasteiger partial charge in [0.2, 0.25) is 0 Å². The Morgan fingerprint density at radius 3 is 2.65 bits per heavy atom. The molecule has 2 N–H and O–H groups in total. The highest BCUT2D eigenvalue weighted by Gasteiger charge is 2.25. The van der Waals surface area contributed by atoms with Gasteiger partial charge in [0, 0.05) is 20.0 Å². The zero-order chi connectivity index (χ0) is 18.3. The van der Waals surface area contributed by atoms with Crippen molar-refractivity contribution in [3.8, 4) is 11.5 Å². The maximum atomic E-state index is 5.45. The van der Waals surface area contributed by atoms with Gasteiger partial charge in [0.15, 0.2) is 11.5 Å². The molecule has 6 heteroatoms. The van der Waals surface area contributed by atoms with Crippen molar-refractivity contribution in [1.29, 1.82) is 0 Å². The topological polar surface area (TPSA) is 46.3 Å². The number of hydrogen-bond acceptors (Lipinski definition) is 3. The van der Waals surface area contributed by atoms with Crippen molar-refractivity contribution in [2.75, 3.05) is 20.8 Å². The van der Waals surface area contributed by atoms with Gasteiger partial charge in [0.25, 0.3) is 0 Å². The third-order valence-corrected chi connectivity index (χ3v) is 6.05. The zero-order valence-corrected chi connectivity index (χ0v) is 17.8. The first-order chi connectivity index (χ1) is 12.6. The Kier molecular flexibility index (Phi) is 4.99. The smallest absolute Gasteiger partial charge is 0.160 e. The first-order valence-electron chi connectivity index (χ1n) is 8.54. The van der Waals surface area contributed by atoms with Crippen molar-refractivity contribution in [1.82, 2.24) is 10.3 Å². The minimum atomic E-state index is 0.245. The van der Waals surface area contributed by atoms with E-state index in [0.29, 0.717) is 0 Å². The van der Waals surface area contributed by atoms with Gasteiger partial charge in [-0.1, -0.05) is 22.0 Å². The van der Waals surface area contributed by atoms with Crippen LogP contribution in [0.3, 0.4) is 0 Å². The number of fused-ring (bicyclic) bond motifs is 3. The number of hydrogen-bond donors (Lipinski definition) is 2. The molecule has 0 saturated carbocycles. The van der Waals surface area contributed by atoms with Crippen molar-refractivity contribution in [2.24, 2.45) is 0 Å². The number of halogens is 2. The van der Waals surface area contributed by atoms with Crippen LogP contribution in [0.15, 0.2) is 39.3 Å². The molecule has 4 rings (SSSR count). The van der Waals surface area contributed by atoms with Crippen LogP contribution in [-0.4, -0.2) is 25.7 Å². The van der Waals surface area contributed by atoms with E-state index in [1.165, 1.54) is 27.7 Å². The summed E-state index contributed by atoms with van der Waals surface area (Å²) in [5.74, 6) is 1.53. The summed E-state index contributed by atoms with van der Waals surface area (Å²) in [5, 5.41) is 4.95. The number of rotatable bonds is 4. The molecule has 0 amide bonds. The lowest BCUT2D eigenvalue weighted by molar-refractivity contribution is 0.354. The van der Waals surface area contributed by atoms with Gasteiger partial charge in [-0.05, 0) is 70.7 Å². The van der Waals surface area contributed by atoms with Crippen LogP contribution in [0.1, 0.15) is 22.9 Å². The van der Waals surface area contributed by atoms with Crippen LogP contribution < -0.4 is 14.8 Å². The second kappa shape index (κ2) is 7.25. The number of H-pyrrole nitrogens is 1. The number of benzene rings is 2. The lowest BCUT2D eigenvalue weighted by Crippen LogP contribution is -2.31. The second-order valence-electron chi connectivity index (χ2n) is 6.48. The molecule has 3 aromatic rings. The van der Waals surface area contributed by atoms with Crippen LogP contribution >= 0.6 is 31.9 Å². The highest BCUT2D eigenvalue weighted by Crippen LogP contribution is 2.37. The van der Waals surface area contributed by atoms with Crippen molar-refractivity contribution < 1.29 is 9.47 Å². The molecule has 2 aromatic carbocycles. The Morgan fingerprint density at radius 1 is 1.08 bits per heavy atom. The van der Waals surface area contributed by atoms with Crippen LogP contribution in [0.25, 0.3) is 10.9 Å². The maximum Gasteiger partial charge on any atom is 0.160 e. The molecule has 0 saturated heterocycles. The fraction of sp³-hybridized carbons (Fsp3) is 0.300. The van der Waals surface area contributed by atoms with Crippen LogP contribution in [0.2, 0.25) is 0 Å². The first-order valence-corrected chi connectivity index (χ1v) is 10.1. The average molecular weight is 480 g/mol. The zero-order valence-electron chi connectivity index (χ0n) is 14.7. The van der Waals surface area contributed by atoms with Crippen LogP contribution in [0.4, 0.5) is 0 Å². The Balaban J connectivity index is 1.71. The maximum absolute atomic E-state index is 5.45. The predicted octanol–water partition coefficient (Wildman–Crippen LogP) is 5.14. The highest BCUT2D eigenvalue weighted by molar-refractivity contribution is 9.11. The molecule has 0 bridgehead atoms. The molecule has 2 heterocycles. The standard InChI is InChI=1S/C20H20Br2N2O2/c1-25-17-4-3-11(8-18(17)26-2)7-16-20-13(5-6-23-16)14-9-12(21)10-15(22)19(14)24-20/h3-4,8-10,16,23-24H,5-7H2,1-2H3. The normalized spacial score (nSPS) is 16.5. The number of aromatic nitrogens is 1. The quantitative estimate of drug-likeness (QED) is 0.544. The van der Waals surface area contributed by atoms with E-state index in [2.05, 4.69) is 66.4 Å². The summed E-state index contributed by atoms with van der Waals surface area (Å²) in [6.45, 7) is 0.974. The van der Waals surface area contributed by atoms with E-state index >= 15 is 0 Å². The highest BCUT2D eigenvalue weighted by atomic mass is 79.9. The molecule has 1 aromatic heterocycles. The third-order valence-electron chi connectivity index (χ3n) is 4.97. The largest absolute Gasteiger partial charge is 0.493 e. The van der Waals surface area contributed by atoms with Crippen molar-refractivity contribution in [2.45, 2.75) is 18.9 Å². The summed E-state index contributed by atoms with van der Waals surface area (Å²) in [6, 6.07) is 10.7. The van der Waals surface area contributed by atoms with Crippen molar-refractivity contribution in [3.05, 3.63) is 56.1 Å². The van der Waals surface area contributed by atoms with E-state index in [1.54, 1.807) is 14.2 Å². The van der Waals surface area contributed by atoms with E-state index in [0.717, 1.165) is 39.8 Å². The molecule has 136 valence electrons. The van der Waals surface area contributed by atoms with Crippen LogP contribution in [-0.2, 0) is 12.8 Å². The minimum absolute atomic E-state index is 0.245. The third kappa shape index (κ3) is 3.15. The van der Waals surface area contributed by atoms with Gasteiger partial charge >= 0.3 is 0 Å². The summed E-state index contributed by atoms with van der Waals surface area (Å²) in [5.41, 5.74) is 5.07. The van der Waals surface area contributed by atoms with Gasteiger partial charge in [0.05, 0.1) is 25.8 Å². The predicted molar refractivity (Wildman–Crippen MR) is 111 cm³/mol. The van der Waals surface area contributed by atoms with Gasteiger partial charge in [-0.25, -0.2) is 0 Å². The Labute approximate surface area is 169 Å². The molecular weight excluding hydrogens is 460 g/mol. The SMILES string of the molecule is COc1ccc(CC2NCCc3c2[nH]c2c(Br)cc(Br)cc32)cc1OC. The summed E-state index contributed by atoms with van der Waals surface area (Å²) in [4.78, 5) is 3.65. The van der Waals surface area contributed by atoms with Gasteiger partial charge in [-0.3, -0.25) is 0 Å². The van der Waals surface area contributed by atoms with Gasteiger partial charge in [0.1, 0.15) is 0 Å². The average Bonchev–Trinajstić information content (AvgIpc) is 3.02. The number of methoxy groups -OCH3 is 2. The van der Waals surface area contributed by atoms with Crippen LogP contribution in [0, 0.1) is 0 Å². The summed E-state index contributed by atoms with van der Waals surface area (Å²) < 4.78 is 13.0. The van der Waals surface area contributed by atoms with E-state index in [4.69, 9.17) is 9.47 Å². The van der Waals surface area contributed by atoms with Crippen molar-refractivity contribution in [3.63, 3.8) is 0 Å². The first kappa shape index (κ1) is 17.9. The molecule has 0 aliphatic carbocycles. The molecule has 0 spiro atoms. The molecular formula is C20H20Br2N2O2. The van der Waals surface area contributed by atoms with E-state index in [1.807, 2.05) is 6.07 Å². The minimum Gasteiger partial charge on any atom is -0.493 e. The fourth-order valence-electron chi connectivity index (χ4n) is 3.75. The summed E-state index contributed by atoms with van der Waals surface area (Å²) >= 11 is 7.29. The van der Waals surface area contributed by atoms with Gasteiger partial charge < -0.3 is 19.8 Å². The molecule has 1 aliphatic heterocycles. The van der Waals surface area contributed by atoms with E-state index < -0.39 is 0 Å². The lowest BCUT2D eigenvalue weighted by atomic mass is 9.94. The Bertz CT molecular complexity index is 968. The summed E-state index contributed by atoms with van der Waals surface area (Å²) in [7, 11) is 3.33. The lowest BCUT2D eigenvalue weighted by Gasteiger charge is -2.25. The number of ether oxygens (including phenoxy) is 2. The molecule has 26 heavy (non-hydrogen) atoms. The fourth-order valence-corrected chi connectivity index (χ4v) is 5.08. The Hall–Kier alpha value is -1.50. The van der Waals surface area contributed by atoms with Gasteiger partial charge in [-0.15, -0.1) is 0 Å². The monoisotopic (exact) mass is 478 g/mol. The molecule has 1 aliphatic rings. The number of nitrogens with one attached hydrogen (secondary N) is 2. The molecule has 1 unspecified atom stereocenters. The van der Waals surface area contributed by atoms with Crippen molar-refractivity contribution >= 4 is 42.8 Å². The Morgan fingerprint density at radius 2 is 1.88 bits per heavy atom.